The minimum atomic E-state index is -0.0966. The van der Waals surface area contributed by atoms with Crippen LogP contribution in [0.15, 0.2) is 69.8 Å². The number of hydrogen-bond donors (Lipinski definition) is 1. The largest absolute Gasteiger partial charge is 0.497 e. The van der Waals surface area contributed by atoms with Crippen molar-refractivity contribution in [2.24, 2.45) is 0 Å². The summed E-state index contributed by atoms with van der Waals surface area (Å²) >= 11 is 3.37. The summed E-state index contributed by atoms with van der Waals surface area (Å²) in [5.41, 5.74) is 2.38. The maximum atomic E-state index is 9.79. The Morgan fingerprint density at radius 1 is 1.03 bits per heavy atom. The molecule has 1 heterocycles. The van der Waals surface area contributed by atoms with Gasteiger partial charge in [-0.3, -0.25) is 10.3 Å². The molecule has 0 amide bonds. The zero-order valence-corrected chi connectivity index (χ0v) is 17.0. The van der Waals surface area contributed by atoms with Crippen molar-refractivity contribution >= 4 is 33.0 Å². The predicted octanol–water partition coefficient (Wildman–Crippen LogP) is 4.92. The van der Waals surface area contributed by atoms with Gasteiger partial charge in [-0.05, 0) is 47.5 Å². The number of nitrogens with zero attached hydrogens (tertiary/aromatic N) is 4. The second-order valence-electron chi connectivity index (χ2n) is 6.08. The molecule has 1 N–H and O–H groups in total. The van der Waals surface area contributed by atoms with Crippen LogP contribution in [-0.2, 0) is 0 Å². The Hall–Kier alpha value is -3.86. The molecule has 0 aliphatic carbocycles. The number of rotatable bonds is 3. The third kappa shape index (κ3) is 3.75. The van der Waals surface area contributed by atoms with Crippen molar-refractivity contribution < 1.29 is 4.74 Å². The van der Waals surface area contributed by atoms with E-state index in [0.717, 1.165) is 10.0 Å². The van der Waals surface area contributed by atoms with E-state index >= 15 is 0 Å². The molecule has 29 heavy (non-hydrogen) atoms. The molecule has 1 aliphatic rings. The number of methoxy groups -OCH3 is 1. The zero-order valence-electron chi connectivity index (χ0n) is 15.4. The fourth-order valence-electron chi connectivity index (χ4n) is 3.11. The Morgan fingerprint density at radius 2 is 1.66 bits per heavy atom. The molecular weight excluding hydrogens is 430 g/mol. The average Bonchev–Trinajstić information content (AvgIpc) is 2.75. The van der Waals surface area contributed by atoms with Crippen LogP contribution in [0.4, 0.5) is 5.69 Å². The number of anilines is 1. The fraction of sp³-hybridized carbons (Fsp3) is 0.0909. The Kier molecular flexibility index (Phi) is 5.79. The SMILES string of the molecule is COc1ccc(C2=C(C#N)C(=N)N(c3ccc(Br)cc3)C(=C(C#N)C#N)C2)cc1. The topological polar surface area (TPSA) is 108 Å². The average molecular weight is 444 g/mol. The van der Waals surface area contributed by atoms with Crippen LogP contribution >= 0.6 is 15.9 Å². The second kappa shape index (κ2) is 8.44. The smallest absolute Gasteiger partial charge is 0.149 e. The van der Waals surface area contributed by atoms with E-state index < -0.39 is 0 Å². The lowest BCUT2D eigenvalue weighted by Gasteiger charge is -2.33. The van der Waals surface area contributed by atoms with Crippen LogP contribution in [0.25, 0.3) is 5.57 Å². The van der Waals surface area contributed by atoms with Gasteiger partial charge in [0.2, 0.25) is 0 Å². The number of nitriles is 3. The van der Waals surface area contributed by atoms with Gasteiger partial charge in [0.15, 0.2) is 0 Å². The Labute approximate surface area is 176 Å². The lowest BCUT2D eigenvalue weighted by Crippen LogP contribution is -2.35. The number of allylic oxidation sites excluding steroid dienone is 2. The molecule has 0 atom stereocenters. The normalized spacial score (nSPS) is 13.4. The van der Waals surface area contributed by atoms with E-state index in [-0.39, 0.29) is 23.4 Å². The number of amidine groups is 1. The van der Waals surface area contributed by atoms with Gasteiger partial charge >= 0.3 is 0 Å². The Morgan fingerprint density at radius 3 is 2.17 bits per heavy atom. The van der Waals surface area contributed by atoms with Crippen molar-refractivity contribution in [3.05, 3.63) is 75.4 Å². The monoisotopic (exact) mass is 443 g/mol. The van der Waals surface area contributed by atoms with Gasteiger partial charge in [0.1, 0.15) is 35.4 Å². The minimum Gasteiger partial charge on any atom is -0.497 e. The molecule has 3 rings (SSSR count). The van der Waals surface area contributed by atoms with Gasteiger partial charge in [-0.1, -0.05) is 28.1 Å². The number of benzene rings is 2. The van der Waals surface area contributed by atoms with Crippen molar-refractivity contribution in [1.82, 2.24) is 0 Å². The lowest BCUT2D eigenvalue weighted by atomic mass is 9.89. The molecule has 0 spiro atoms. The number of halogens is 1. The summed E-state index contributed by atoms with van der Waals surface area (Å²) in [6.07, 6.45) is 0.171. The molecule has 6 nitrogen and oxygen atoms in total. The Balaban J connectivity index is 2.23. The second-order valence-corrected chi connectivity index (χ2v) is 6.99. The molecule has 0 radical (unpaired) electrons. The highest BCUT2D eigenvalue weighted by molar-refractivity contribution is 9.10. The fourth-order valence-corrected chi connectivity index (χ4v) is 3.38. The maximum Gasteiger partial charge on any atom is 0.149 e. The van der Waals surface area contributed by atoms with E-state index in [1.165, 1.54) is 4.90 Å². The molecule has 0 fully saturated rings. The van der Waals surface area contributed by atoms with Gasteiger partial charge < -0.3 is 4.74 Å². The first kappa shape index (κ1) is 19.9. The molecule has 0 saturated heterocycles. The first-order valence-electron chi connectivity index (χ1n) is 8.49. The van der Waals surface area contributed by atoms with Crippen LogP contribution in [0.2, 0.25) is 0 Å². The van der Waals surface area contributed by atoms with Crippen LogP contribution in [0.1, 0.15) is 12.0 Å². The van der Waals surface area contributed by atoms with E-state index in [0.29, 0.717) is 22.7 Å². The van der Waals surface area contributed by atoms with E-state index in [4.69, 9.17) is 10.1 Å². The maximum absolute atomic E-state index is 9.79. The van der Waals surface area contributed by atoms with E-state index in [1.807, 2.05) is 12.1 Å². The van der Waals surface area contributed by atoms with Gasteiger partial charge in [0, 0.05) is 16.6 Å². The van der Waals surface area contributed by atoms with Crippen molar-refractivity contribution in [2.45, 2.75) is 6.42 Å². The van der Waals surface area contributed by atoms with Gasteiger partial charge in [0.25, 0.3) is 0 Å². The van der Waals surface area contributed by atoms with Crippen molar-refractivity contribution in [3.8, 4) is 24.0 Å². The Bertz CT molecular complexity index is 1140. The minimum absolute atomic E-state index is 0.0788. The highest BCUT2D eigenvalue weighted by Gasteiger charge is 2.32. The van der Waals surface area contributed by atoms with Crippen molar-refractivity contribution in [2.75, 3.05) is 12.0 Å². The number of hydrogen-bond acceptors (Lipinski definition) is 5. The number of nitrogens with one attached hydrogen (secondary N) is 1. The predicted molar refractivity (Wildman–Crippen MR) is 113 cm³/mol. The molecular formula is C22H14BrN5O. The summed E-state index contributed by atoms with van der Waals surface area (Å²) in [5, 5.41) is 37.4. The van der Waals surface area contributed by atoms with E-state index in [2.05, 4.69) is 22.0 Å². The van der Waals surface area contributed by atoms with Crippen LogP contribution in [0.3, 0.4) is 0 Å². The highest BCUT2D eigenvalue weighted by Crippen LogP contribution is 2.38. The van der Waals surface area contributed by atoms with Crippen LogP contribution in [-0.4, -0.2) is 12.9 Å². The standard InChI is InChI=1S/C22H14BrN5O/c1-29-18-8-2-14(3-9-18)19-10-21(15(11-24)12-25)28(22(27)20(19)13-26)17-6-4-16(23)5-7-17/h2-9,27H,10H2,1H3. The molecule has 1 aliphatic heterocycles. The molecule has 2 aromatic rings. The molecule has 0 aromatic heterocycles. The summed E-state index contributed by atoms with van der Waals surface area (Å²) in [4.78, 5) is 1.49. The first-order valence-corrected chi connectivity index (χ1v) is 9.29. The molecule has 0 saturated carbocycles. The van der Waals surface area contributed by atoms with Gasteiger partial charge in [-0.25, -0.2) is 0 Å². The summed E-state index contributed by atoms with van der Waals surface area (Å²) in [5.74, 6) is 0.589. The van der Waals surface area contributed by atoms with Crippen molar-refractivity contribution in [1.29, 1.82) is 21.2 Å². The third-order valence-corrected chi connectivity index (χ3v) is 5.05. The van der Waals surface area contributed by atoms with E-state index in [1.54, 1.807) is 55.6 Å². The third-order valence-electron chi connectivity index (χ3n) is 4.52. The molecule has 0 bridgehead atoms. The van der Waals surface area contributed by atoms with Crippen LogP contribution < -0.4 is 9.64 Å². The van der Waals surface area contributed by atoms with Gasteiger partial charge in [0.05, 0.1) is 18.4 Å². The van der Waals surface area contributed by atoms with Crippen LogP contribution in [0.5, 0.6) is 5.75 Å². The van der Waals surface area contributed by atoms with E-state index in [9.17, 15) is 15.8 Å². The lowest BCUT2D eigenvalue weighted by molar-refractivity contribution is 0.415. The van der Waals surface area contributed by atoms with Gasteiger partial charge in [-0.15, -0.1) is 0 Å². The van der Waals surface area contributed by atoms with Crippen molar-refractivity contribution in [3.63, 3.8) is 0 Å². The molecule has 7 heteroatoms. The van der Waals surface area contributed by atoms with Crippen LogP contribution in [0, 0.1) is 39.4 Å². The number of ether oxygens (including phenoxy) is 1. The summed E-state index contributed by atoms with van der Waals surface area (Å²) in [6, 6.07) is 20.2. The summed E-state index contributed by atoms with van der Waals surface area (Å²) in [6.45, 7) is 0. The summed E-state index contributed by atoms with van der Waals surface area (Å²) < 4.78 is 6.03. The molecule has 0 unspecified atom stereocenters. The highest BCUT2D eigenvalue weighted by atomic mass is 79.9. The zero-order chi connectivity index (χ0) is 21.0. The molecule has 2 aromatic carbocycles. The molecule has 140 valence electrons. The quantitative estimate of drug-likeness (QED) is 0.676. The van der Waals surface area contributed by atoms with Gasteiger partial charge in [-0.2, -0.15) is 15.8 Å². The first-order chi connectivity index (χ1) is 14.0. The summed E-state index contributed by atoms with van der Waals surface area (Å²) in [7, 11) is 1.56.